The first-order valence-corrected chi connectivity index (χ1v) is 8.60. The van der Waals surface area contributed by atoms with Gasteiger partial charge >= 0.3 is 5.97 Å². The highest BCUT2D eigenvalue weighted by molar-refractivity contribution is 5.97. The lowest BCUT2D eigenvalue weighted by molar-refractivity contribution is 0.0694. The van der Waals surface area contributed by atoms with Crippen molar-refractivity contribution >= 4 is 22.6 Å². The van der Waals surface area contributed by atoms with Crippen molar-refractivity contribution in [2.75, 3.05) is 38.9 Å². The molecule has 1 aliphatic rings. The number of benzene rings is 1. The van der Waals surface area contributed by atoms with Gasteiger partial charge in [-0.1, -0.05) is 0 Å². The van der Waals surface area contributed by atoms with Crippen LogP contribution in [0.25, 0.3) is 10.9 Å². The van der Waals surface area contributed by atoms with Gasteiger partial charge in [0.15, 0.2) is 11.6 Å². The smallest absolute Gasteiger partial charge is 0.341 e. The maximum Gasteiger partial charge on any atom is 0.341 e. The highest BCUT2D eigenvalue weighted by atomic mass is 19.1. The fourth-order valence-corrected chi connectivity index (χ4v) is 3.63. The molecule has 1 aromatic heterocycles. The number of aryl methyl sites for hydroxylation is 1. The Hall–Kier alpha value is -2.72. The lowest BCUT2D eigenvalue weighted by Gasteiger charge is -2.24. The number of hydrogen-bond acceptors (Lipinski definition) is 6. The fraction of sp³-hybridized carbons (Fsp3) is 0.444. The average molecular weight is 397 g/mol. The number of aromatic carboxylic acids is 1. The Morgan fingerprint density at radius 1 is 1.39 bits per heavy atom. The zero-order chi connectivity index (χ0) is 20.6. The Morgan fingerprint density at radius 3 is 2.64 bits per heavy atom. The van der Waals surface area contributed by atoms with Crippen molar-refractivity contribution in [3.05, 3.63) is 33.9 Å². The minimum Gasteiger partial charge on any atom is -0.492 e. The van der Waals surface area contributed by atoms with Crippen LogP contribution < -0.4 is 20.8 Å². The molecular formula is C18H21F2N3O5. The van der Waals surface area contributed by atoms with Gasteiger partial charge in [-0.15, -0.1) is 0 Å². The number of halogens is 2. The van der Waals surface area contributed by atoms with Gasteiger partial charge in [-0.2, -0.15) is 0 Å². The number of anilines is 1. The van der Waals surface area contributed by atoms with Gasteiger partial charge in [-0.25, -0.2) is 13.6 Å². The predicted molar refractivity (Wildman–Crippen MR) is 98.6 cm³/mol. The molecule has 1 aromatic carbocycles. The van der Waals surface area contributed by atoms with Crippen molar-refractivity contribution in [1.29, 1.82) is 0 Å². The summed E-state index contributed by atoms with van der Waals surface area (Å²) in [6.45, 7) is -0.444. The maximum atomic E-state index is 15.0. The third-order valence-electron chi connectivity index (χ3n) is 4.93. The Kier molecular flexibility index (Phi) is 5.52. The summed E-state index contributed by atoms with van der Waals surface area (Å²) in [7, 11) is 2.81. The molecule has 1 fully saturated rings. The van der Waals surface area contributed by atoms with Crippen LogP contribution in [0.2, 0.25) is 0 Å². The number of pyridine rings is 1. The van der Waals surface area contributed by atoms with Crippen LogP contribution in [0.3, 0.4) is 0 Å². The maximum absolute atomic E-state index is 15.0. The van der Waals surface area contributed by atoms with E-state index in [9.17, 15) is 19.1 Å². The molecule has 2 atom stereocenters. The van der Waals surface area contributed by atoms with Gasteiger partial charge < -0.3 is 29.8 Å². The molecule has 3 rings (SSSR count). The van der Waals surface area contributed by atoms with Crippen LogP contribution >= 0.6 is 0 Å². The van der Waals surface area contributed by atoms with Crippen LogP contribution in [0.15, 0.2) is 17.1 Å². The van der Waals surface area contributed by atoms with Gasteiger partial charge in [-0.05, 0) is 6.07 Å². The Bertz CT molecular complexity index is 978. The normalized spacial score (nSPS) is 19.4. The van der Waals surface area contributed by atoms with Crippen molar-refractivity contribution in [3.8, 4) is 5.75 Å². The molecule has 152 valence electrons. The van der Waals surface area contributed by atoms with E-state index >= 15 is 4.39 Å². The molecule has 0 spiro atoms. The summed E-state index contributed by atoms with van der Waals surface area (Å²) >= 11 is 0. The summed E-state index contributed by atoms with van der Waals surface area (Å²) in [4.78, 5) is 25.6. The molecule has 0 saturated carbocycles. The standard InChI is InChI=1S/C18H21F2N3O5/c1-27-13-8-23(7-12(13)21)15-11(20)5-9-14(17(15)28-2)22(4-3-19)6-10(16(9)24)18(25)26/h5-6,12-13H,3-4,7-8,21H2,1-2H3,(H,25,26)/t12-,13+/m1/s1. The summed E-state index contributed by atoms with van der Waals surface area (Å²) in [6, 6.07) is 0.606. The molecule has 0 bridgehead atoms. The van der Waals surface area contributed by atoms with Crippen molar-refractivity contribution in [2.24, 2.45) is 5.73 Å². The van der Waals surface area contributed by atoms with E-state index in [0.717, 1.165) is 12.3 Å². The number of carboxylic acid groups (broad SMARTS) is 1. The van der Waals surface area contributed by atoms with Gasteiger partial charge in [0.1, 0.15) is 17.9 Å². The molecular weight excluding hydrogens is 376 g/mol. The van der Waals surface area contributed by atoms with Gasteiger partial charge in [0.2, 0.25) is 5.43 Å². The average Bonchev–Trinajstić information content (AvgIpc) is 3.03. The van der Waals surface area contributed by atoms with Crippen molar-refractivity contribution < 1.29 is 28.2 Å². The molecule has 10 heteroatoms. The molecule has 3 N–H and O–H groups in total. The Morgan fingerprint density at radius 2 is 2.11 bits per heavy atom. The number of fused-ring (bicyclic) bond motifs is 1. The highest BCUT2D eigenvalue weighted by Crippen LogP contribution is 2.39. The van der Waals surface area contributed by atoms with E-state index in [0.29, 0.717) is 6.54 Å². The summed E-state index contributed by atoms with van der Waals surface area (Å²) in [5, 5.41) is 9.06. The number of aromatic nitrogens is 1. The summed E-state index contributed by atoms with van der Waals surface area (Å²) in [5.41, 5.74) is 4.78. The number of nitrogens with zero attached hydrogens (tertiary/aromatic N) is 2. The van der Waals surface area contributed by atoms with E-state index in [4.69, 9.17) is 15.2 Å². The molecule has 28 heavy (non-hydrogen) atoms. The van der Waals surface area contributed by atoms with E-state index in [1.54, 1.807) is 4.90 Å². The van der Waals surface area contributed by atoms with Crippen LogP contribution in [-0.2, 0) is 11.3 Å². The van der Waals surface area contributed by atoms with Crippen molar-refractivity contribution in [3.63, 3.8) is 0 Å². The van der Waals surface area contributed by atoms with Crippen LogP contribution in [0.5, 0.6) is 5.75 Å². The van der Waals surface area contributed by atoms with Crippen LogP contribution in [0, 0.1) is 5.82 Å². The van der Waals surface area contributed by atoms with Gasteiger partial charge in [0.25, 0.3) is 0 Å². The third kappa shape index (κ3) is 3.18. The number of nitrogens with two attached hydrogens (primary N) is 1. The van der Waals surface area contributed by atoms with Crippen molar-refractivity contribution in [2.45, 2.75) is 18.7 Å². The van der Waals surface area contributed by atoms with E-state index in [2.05, 4.69) is 0 Å². The molecule has 0 aliphatic carbocycles. The van der Waals surface area contributed by atoms with E-state index in [1.807, 2.05) is 0 Å². The number of ether oxygens (including phenoxy) is 2. The predicted octanol–water partition coefficient (Wildman–Crippen LogP) is 0.979. The molecule has 1 aliphatic heterocycles. The minimum absolute atomic E-state index is 0.0152. The fourth-order valence-electron chi connectivity index (χ4n) is 3.63. The monoisotopic (exact) mass is 397 g/mol. The molecule has 2 heterocycles. The topological polar surface area (TPSA) is 107 Å². The Balaban J connectivity index is 2.32. The molecule has 0 unspecified atom stereocenters. The third-order valence-corrected chi connectivity index (χ3v) is 4.93. The summed E-state index contributed by atoms with van der Waals surface area (Å²) < 4.78 is 40.1. The zero-order valence-electron chi connectivity index (χ0n) is 15.4. The van der Waals surface area contributed by atoms with E-state index in [1.165, 1.54) is 18.8 Å². The van der Waals surface area contributed by atoms with Crippen LogP contribution in [0.1, 0.15) is 10.4 Å². The van der Waals surface area contributed by atoms with E-state index in [-0.39, 0.29) is 47.6 Å². The second-order valence-corrected chi connectivity index (χ2v) is 6.54. The Labute approximate surface area is 159 Å². The number of alkyl halides is 1. The first kappa shape index (κ1) is 20.0. The molecule has 0 amide bonds. The second kappa shape index (κ2) is 7.72. The zero-order valence-corrected chi connectivity index (χ0v) is 15.4. The summed E-state index contributed by atoms with van der Waals surface area (Å²) in [6.07, 6.45) is 0.729. The lowest BCUT2D eigenvalue weighted by Crippen LogP contribution is -2.34. The molecule has 1 saturated heterocycles. The number of carbonyl (C=O) groups is 1. The van der Waals surface area contributed by atoms with Gasteiger partial charge in [0.05, 0.1) is 36.7 Å². The first-order chi connectivity index (χ1) is 13.3. The SMILES string of the molecule is COc1c(N2C[C@@H](N)[C@@H](OC)C2)c(F)cc2c(=O)c(C(=O)O)cn(CCF)c12. The summed E-state index contributed by atoms with van der Waals surface area (Å²) in [5.74, 6) is -2.22. The minimum atomic E-state index is -1.48. The van der Waals surface area contributed by atoms with Crippen LogP contribution in [-0.4, -0.2) is 61.8 Å². The first-order valence-electron chi connectivity index (χ1n) is 8.60. The number of rotatable bonds is 6. The number of carboxylic acids is 1. The van der Waals surface area contributed by atoms with Gasteiger partial charge in [0, 0.05) is 26.4 Å². The quantitative estimate of drug-likeness (QED) is 0.748. The molecule has 8 nitrogen and oxygen atoms in total. The largest absolute Gasteiger partial charge is 0.492 e. The second-order valence-electron chi connectivity index (χ2n) is 6.54. The van der Waals surface area contributed by atoms with Crippen molar-refractivity contribution in [1.82, 2.24) is 4.57 Å². The lowest BCUT2D eigenvalue weighted by atomic mass is 10.1. The molecule has 2 aromatic rings. The van der Waals surface area contributed by atoms with Gasteiger partial charge in [-0.3, -0.25) is 4.79 Å². The van der Waals surface area contributed by atoms with E-state index < -0.39 is 29.5 Å². The van der Waals surface area contributed by atoms with Crippen LogP contribution in [0.4, 0.5) is 14.5 Å². The number of hydrogen-bond donors (Lipinski definition) is 2. The highest BCUT2D eigenvalue weighted by Gasteiger charge is 2.34. The molecule has 0 radical (unpaired) electrons. The number of methoxy groups -OCH3 is 2.